The lowest BCUT2D eigenvalue weighted by atomic mass is 9.88. The van der Waals surface area contributed by atoms with Crippen molar-refractivity contribution in [3.05, 3.63) is 23.8 Å². The van der Waals surface area contributed by atoms with Gasteiger partial charge in [0, 0.05) is 5.92 Å². The number of rotatable bonds is 2. The lowest BCUT2D eigenvalue weighted by molar-refractivity contribution is 0.00260. The number of nitrogens with two attached hydrogens (primary N) is 1. The summed E-state index contributed by atoms with van der Waals surface area (Å²) in [5.41, 5.74) is 6.18. The van der Waals surface area contributed by atoms with Crippen molar-refractivity contribution in [2.75, 3.05) is 0 Å². The second-order valence-corrected chi connectivity index (χ2v) is 5.06. The van der Waals surface area contributed by atoms with Gasteiger partial charge in [0.05, 0.1) is 6.10 Å². The predicted octanol–water partition coefficient (Wildman–Crippen LogP) is -0.620. The zero-order valence-corrected chi connectivity index (χ0v) is 10.3. The Balaban J connectivity index is 2.06. The van der Waals surface area contributed by atoms with Gasteiger partial charge in [0.2, 0.25) is 5.82 Å². The van der Waals surface area contributed by atoms with Crippen LogP contribution in [0.2, 0.25) is 0 Å². The quantitative estimate of drug-likeness (QED) is 0.616. The molecule has 1 fully saturated rings. The van der Waals surface area contributed by atoms with E-state index in [2.05, 4.69) is 10.1 Å². The first-order valence-corrected chi connectivity index (χ1v) is 6.36. The Hall–Kier alpha value is -1.73. The van der Waals surface area contributed by atoms with E-state index in [1.807, 2.05) is 6.08 Å². The Kier molecular flexibility index (Phi) is 2.87. The Labute approximate surface area is 109 Å². The van der Waals surface area contributed by atoms with Gasteiger partial charge in [0.15, 0.2) is 0 Å². The zero-order valence-electron chi connectivity index (χ0n) is 10.3. The third-order valence-corrected chi connectivity index (χ3v) is 4.01. The average molecular weight is 264 g/mol. The molecule has 1 saturated carbocycles. The van der Waals surface area contributed by atoms with E-state index >= 15 is 0 Å². The largest absolute Gasteiger partial charge is 0.390 e. The van der Waals surface area contributed by atoms with Crippen LogP contribution in [0.15, 0.2) is 18.0 Å². The maximum atomic E-state index is 11.3. The molecule has 1 heterocycles. The topological polar surface area (TPSA) is 114 Å². The number of aliphatic hydroxyl groups excluding tert-OH is 2. The first-order valence-electron chi connectivity index (χ1n) is 6.36. The van der Waals surface area contributed by atoms with Crippen molar-refractivity contribution in [1.82, 2.24) is 14.8 Å². The number of hydrogen-bond acceptors (Lipinski definition) is 5. The molecular formula is C12H16N4O3. The monoisotopic (exact) mass is 264 g/mol. The van der Waals surface area contributed by atoms with Crippen molar-refractivity contribution in [2.24, 2.45) is 11.7 Å². The van der Waals surface area contributed by atoms with E-state index < -0.39 is 24.2 Å². The molecular weight excluding hydrogens is 248 g/mol. The van der Waals surface area contributed by atoms with Gasteiger partial charge in [-0.1, -0.05) is 6.08 Å². The molecule has 3 rings (SSSR count). The minimum Gasteiger partial charge on any atom is -0.390 e. The van der Waals surface area contributed by atoms with E-state index in [0.29, 0.717) is 0 Å². The summed E-state index contributed by atoms with van der Waals surface area (Å²) < 4.78 is 1.33. The molecule has 0 spiro atoms. The van der Waals surface area contributed by atoms with Gasteiger partial charge in [-0.25, -0.2) is 9.67 Å². The van der Waals surface area contributed by atoms with Crippen LogP contribution in [0.4, 0.5) is 0 Å². The summed E-state index contributed by atoms with van der Waals surface area (Å²) in [6.07, 6.45) is 4.16. The highest BCUT2D eigenvalue weighted by atomic mass is 16.3. The third kappa shape index (κ3) is 1.77. The summed E-state index contributed by atoms with van der Waals surface area (Å²) in [6.45, 7) is 0. The van der Waals surface area contributed by atoms with Crippen LogP contribution in [0.1, 0.15) is 35.9 Å². The Morgan fingerprint density at radius 1 is 1.42 bits per heavy atom. The highest BCUT2D eigenvalue weighted by Gasteiger charge is 2.48. The van der Waals surface area contributed by atoms with Crippen molar-refractivity contribution < 1.29 is 15.0 Å². The smallest absolute Gasteiger partial charge is 0.286 e. The van der Waals surface area contributed by atoms with E-state index in [0.717, 1.165) is 24.8 Å². The fraction of sp³-hybridized carbons (Fsp3) is 0.583. The number of allylic oxidation sites excluding steroid dienone is 1. The van der Waals surface area contributed by atoms with Crippen LogP contribution in [0, 0.1) is 5.92 Å². The minimum absolute atomic E-state index is 0.00312. The number of aliphatic hydroxyl groups is 2. The molecule has 0 unspecified atom stereocenters. The van der Waals surface area contributed by atoms with E-state index in [1.54, 1.807) is 0 Å². The molecule has 7 nitrogen and oxygen atoms in total. The molecule has 2 aliphatic rings. The first kappa shape index (κ1) is 12.3. The number of primary amides is 1. The van der Waals surface area contributed by atoms with Crippen LogP contribution >= 0.6 is 0 Å². The maximum absolute atomic E-state index is 11.3. The number of carbonyl (C=O) groups is 1. The second-order valence-electron chi connectivity index (χ2n) is 5.06. The number of aromatic nitrogens is 3. The molecule has 4 N–H and O–H groups in total. The van der Waals surface area contributed by atoms with Crippen LogP contribution < -0.4 is 5.73 Å². The lowest BCUT2D eigenvalue weighted by Crippen LogP contribution is -2.32. The van der Waals surface area contributed by atoms with Crippen molar-refractivity contribution >= 4 is 5.91 Å². The number of fused-ring (bicyclic) bond motifs is 1. The number of hydrogen-bond donors (Lipinski definition) is 3. The summed E-state index contributed by atoms with van der Waals surface area (Å²) in [5, 5.41) is 24.3. The molecule has 0 aromatic carbocycles. The summed E-state index contributed by atoms with van der Waals surface area (Å²) in [7, 11) is 0. The highest BCUT2D eigenvalue weighted by Crippen LogP contribution is 2.45. The van der Waals surface area contributed by atoms with Gasteiger partial charge in [-0.2, -0.15) is 5.10 Å². The minimum atomic E-state index is -0.992. The molecule has 0 saturated heterocycles. The Morgan fingerprint density at radius 2 is 2.21 bits per heavy atom. The van der Waals surface area contributed by atoms with Crippen LogP contribution in [-0.4, -0.2) is 43.1 Å². The lowest BCUT2D eigenvalue weighted by Gasteiger charge is -2.21. The van der Waals surface area contributed by atoms with Crippen LogP contribution in [0.25, 0.3) is 0 Å². The summed E-state index contributed by atoms with van der Waals surface area (Å²) in [6, 6.07) is -0.551. The molecule has 19 heavy (non-hydrogen) atoms. The normalized spacial score (nSPS) is 33.9. The second kappa shape index (κ2) is 4.43. The van der Waals surface area contributed by atoms with Gasteiger partial charge >= 0.3 is 0 Å². The molecule has 1 aromatic heterocycles. The van der Waals surface area contributed by atoms with Gasteiger partial charge in [0.25, 0.3) is 5.91 Å². The van der Waals surface area contributed by atoms with E-state index in [1.165, 1.54) is 11.0 Å². The highest BCUT2D eigenvalue weighted by molar-refractivity contribution is 5.89. The third-order valence-electron chi connectivity index (χ3n) is 4.01. The standard InChI is InChI=1S/C12H16N4O3/c13-11(19)12-14-5-15-16(12)8-6-3-1-2-4-7(6)9(17)10(8)18/h3,5,7-10,17-18H,1-2,4H2,(H2,13,19)/t7-,8+,9+,10-/m0/s1. The van der Waals surface area contributed by atoms with Crippen molar-refractivity contribution in [3.8, 4) is 0 Å². The first-order chi connectivity index (χ1) is 9.11. The molecule has 0 aliphatic heterocycles. The van der Waals surface area contributed by atoms with E-state index in [4.69, 9.17) is 5.73 Å². The fourth-order valence-electron chi connectivity index (χ4n) is 3.17. The number of amides is 1. The SMILES string of the molecule is NC(=O)c1ncnn1[C@@H]1C2=CCCC[C@@H]2[C@@H](O)[C@H]1O. The molecule has 7 heteroatoms. The van der Waals surface area contributed by atoms with Crippen LogP contribution in [-0.2, 0) is 0 Å². The molecule has 0 bridgehead atoms. The number of nitrogens with zero attached hydrogens (tertiary/aromatic N) is 3. The fourth-order valence-corrected chi connectivity index (χ4v) is 3.17. The molecule has 102 valence electrons. The van der Waals surface area contributed by atoms with Gasteiger partial charge in [0.1, 0.15) is 18.5 Å². The summed E-state index contributed by atoms with van der Waals surface area (Å²) >= 11 is 0. The predicted molar refractivity (Wildman–Crippen MR) is 65.0 cm³/mol. The van der Waals surface area contributed by atoms with Crippen LogP contribution in [0.5, 0.6) is 0 Å². The molecule has 2 aliphatic carbocycles. The molecule has 1 amide bonds. The summed E-state index contributed by atoms with van der Waals surface area (Å²) in [4.78, 5) is 15.1. The molecule has 4 atom stereocenters. The Morgan fingerprint density at radius 3 is 2.95 bits per heavy atom. The van der Waals surface area contributed by atoms with Crippen molar-refractivity contribution in [2.45, 2.75) is 37.5 Å². The molecule has 0 radical (unpaired) electrons. The maximum Gasteiger partial charge on any atom is 0.286 e. The van der Waals surface area contributed by atoms with Crippen molar-refractivity contribution in [3.63, 3.8) is 0 Å². The van der Waals surface area contributed by atoms with Gasteiger partial charge in [-0.3, -0.25) is 4.79 Å². The average Bonchev–Trinajstić information content (AvgIpc) is 2.95. The molecule has 1 aromatic rings. The summed E-state index contributed by atoms with van der Waals surface area (Å²) in [5.74, 6) is -0.763. The van der Waals surface area contributed by atoms with Gasteiger partial charge < -0.3 is 15.9 Å². The zero-order chi connectivity index (χ0) is 13.6. The van der Waals surface area contributed by atoms with E-state index in [9.17, 15) is 15.0 Å². The van der Waals surface area contributed by atoms with Crippen LogP contribution in [0.3, 0.4) is 0 Å². The Bertz CT molecular complexity index is 539. The van der Waals surface area contributed by atoms with Gasteiger partial charge in [-0.15, -0.1) is 0 Å². The number of carbonyl (C=O) groups excluding carboxylic acids is 1. The van der Waals surface area contributed by atoms with Crippen molar-refractivity contribution in [1.29, 1.82) is 0 Å². The van der Waals surface area contributed by atoms with E-state index in [-0.39, 0.29) is 11.7 Å². The van der Waals surface area contributed by atoms with Gasteiger partial charge in [-0.05, 0) is 24.8 Å².